The molecule has 1 aliphatic rings. The van der Waals surface area contributed by atoms with Crippen molar-refractivity contribution >= 4 is 5.91 Å². The van der Waals surface area contributed by atoms with Crippen LogP contribution in [0.2, 0.25) is 0 Å². The van der Waals surface area contributed by atoms with Crippen LogP contribution in [0.1, 0.15) is 45.2 Å². The Morgan fingerprint density at radius 3 is 2.50 bits per heavy atom. The summed E-state index contributed by atoms with van der Waals surface area (Å²) in [6.07, 6.45) is 1.00. The Hall–Kier alpha value is -1.31. The molecule has 0 unspecified atom stereocenters. The molecule has 18 heavy (non-hydrogen) atoms. The lowest BCUT2D eigenvalue weighted by atomic mass is 9.92. The molecule has 1 aromatic carbocycles. The Morgan fingerprint density at radius 2 is 2.00 bits per heavy atom. The van der Waals surface area contributed by atoms with Crippen LogP contribution in [0, 0.1) is 18.3 Å². The lowest BCUT2D eigenvalue weighted by molar-refractivity contribution is -0.124. The third kappa shape index (κ3) is 2.58. The highest BCUT2D eigenvalue weighted by molar-refractivity contribution is 5.83. The van der Waals surface area contributed by atoms with Gasteiger partial charge in [0.15, 0.2) is 0 Å². The largest absolute Gasteiger partial charge is 0.347 e. The van der Waals surface area contributed by atoms with E-state index in [0.29, 0.717) is 0 Å². The SMILES string of the molecule is Cc1cccc(C(C)(C)NC(=O)[C@H]2CC2(C)C)c1. The molecule has 0 bridgehead atoms. The van der Waals surface area contributed by atoms with Gasteiger partial charge in [0.2, 0.25) is 5.91 Å². The van der Waals surface area contributed by atoms with Gasteiger partial charge in [0, 0.05) is 5.92 Å². The van der Waals surface area contributed by atoms with Gasteiger partial charge in [0.1, 0.15) is 0 Å². The molecule has 0 spiro atoms. The molecule has 0 aliphatic heterocycles. The average molecular weight is 245 g/mol. The number of benzene rings is 1. The van der Waals surface area contributed by atoms with Crippen LogP contribution < -0.4 is 5.32 Å². The van der Waals surface area contributed by atoms with Crippen LogP contribution >= 0.6 is 0 Å². The standard InChI is InChI=1S/C16H23NO/c1-11-7-6-8-12(9-11)16(4,5)17-14(18)13-10-15(13,2)3/h6-9,13H,10H2,1-5H3,(H,17,18)/t13-/m1/s1. The van der Waals surface area contributed by atoms with Crippen LogP contribution in [0.4, 0.5) is 0 Å². The van der Waals surface area contributed by atoms with Gasteiger partial charge in [-0.1, -0.05) is 43.7 Å². The first-order chi connectivity index (χ1) is 8.22. The summed E-state index contributed by atoms with van der Waals surface area (Å²) in [5.41, 5.74) is 2.27. The molecule has 2 rings (SSSR count). The normalized spacial score (nSPS) is 21.5. The minimum absolute atomic E-state index is 0.182. The number of aryl methyl sites for hydroxylation is 1. The molecule has 2 nitrogen and oxygen atoms in total. The van der Waals surface area contributed by atoms with E-state index in [0.717, 1.165) is 12.0 Å². The monoisotopic (exact) mass is 245 g/mol. The zero-order valence-electron chi connectivity index (χ0n) is 12.0. The fourth-order valence-corrected chi connectivity index (χ4v) is 2.42. The van der Waals surface area contributed by atoms with Crippen molar-refractivity contribution in [3.63, 3.8) is 0 Å². The molecule has 0 radical (unpaired) electrons. The highest BCUT2D eigenvalue weighted by atomic mass is 16.2. The summed E-state index contributed by atoms with van der Waals surface area (Å²) >= 11 is 0. The van der Waals surface area contributed by atoms with Crippen LogP contribution in [0.3, 0.4) is 0 Å². The first kappa shape index (κ1) is 13.1. The maximum atomic E-state index is 12.2. The van der Waals surface area contributed by atoms with Crippen molar-refractivity contribution in [2.45, 2.75) is 46.6 Å². The van der Waals surface area contributed by atoms with Gasteiger partial charge in [0.05, 0.1) is 5.54 Å². The number of hydrogen-bond acceptors (Lipinski definition) is 1. The van der Waals surface area contributed by atoms with E-state index in [4.69, 9.17) is 0 Å². The van der Waals surface area contributed by atoms with E-state index >= 15 is 0 Å². The Balaban J connectivity index is 2.10. The maximum absolute atomic E-state index is 12.2. The van der Waals surface area contributed by atoms with Crippen molar-refractivity contribution in [3.05, 3.63) is 35.4 Å². The summed E-state index contributed by atoms with van der Waals surface area (Å²) in [6.45, 7) is 10.5. The van der Waals surface area contributed by atoms with Crippen molar-refractivity contribution in [2.75, 3.05) is 0 Å². The second-order valence-corrected chi connectivity index (χ2v) is 6.73. The van der Waals surface area contributed by atoms with E-state index in [-0.39, 0.29) is 22.8 Å². The summed E-state index contributed by atoms with van der Waals surface area (Å²) in [7, 11) is 0. The highest BCUT2D eigenvalue weighted by Crippen LogP contribution is 2.51. The van der Waals surface area contributed by atoms with Gasteiger partial charge in [-0.25, -0.2) is 0 Å². The summed E-state index contributed by atoms with van der Waals surface area (Å²) < 4.78 is 0. The lowest BCUT2D eigenvalue weighted by Gasteiger charge is -2.27. The Bertz CT molecular complexity index is 474. The fraction of sp³-hybridized carbons (Fsp3) is 0.562. The molecule has 2 heteroatoms. The van der Waals surface area contributed by atoms with Gasteiger partial charge in [-0.3, -0.25) is 4.79 Å². The number of rotatable bonds is 3. The molecule has 1 saturated carbocycles. The molecule has 0 saturated heterocycles. The molecule has 0 aromatic heterocycles. The molecule has 1 aromatic rings. The van der Waals surface area contributed by atoms with Crippen molar-refractivity contribution in [3.8, 4) is 0 Å². The number of carbonyl (C=O) groups excluding carboxylic acids is 1. The number of carbonyl (C=O) groups is 1. The van der Waals surface area contributed by atoms with Crippen molar-refractivity contribution < 1.29 is 4.79 Å². The van der Waals surface area contributed by atoms with Gasteiger partial charge in [-0.2, -0.15) is 0 Å². The topological polar surface area (TPSA) is 29.1 Å². The smallest absolute Gasteiger partial charge is 0.224 e. The maximum Gasteiger partial charge on any atom is 0.224 e. The zero-order valence-corrected chi connectivity index (χ0v) is 12.0. The number of amides is 1. The zero-order chi connectivity index (χ0) is 13.6. The van der Waals surface area contributed by atoms with Gasteiger partial charge < -0.3 is 5.32 Å². The summed E-state index contributed by atoms with van der Waals surface area (Å²) in [6, 6.07) is 8.33. The summed E-state index contributed by atoms with van der Waals surface area (Å²) in [5.74, 6) is 0.369. The molecule has 1 aliphatic carbocycles. The number of hydrogen-bond donors (Lipinski definition) is 1. The first-order valence-corrected chi connectivity index (χ1v) is 6.61. The average Bonchev–Trinajstić information content (AvgIpc) is 2.87. The van der Waals surface area contributed by atoms with E-state index < -0.39 is 0 Å². The second kappa shape index (κ2) is 4.11. The Kier molecular flexibility index (Phi) is 3.00. The minimum Gasteiger partial charge on any atom is -0.347 e. The molecule has 1 fully saturated rings. The summed E-state index contributed by atoms with van der Waals surface area (Å²) in [5, 5.41) is 3.18. The van der Waals surface area contributed by atoms with Gasteiger partial charge in [-0.05, 0) is 38.2 Å². The van der Waals surface area contributed by atoms with E-state index in [9.17, 15) is 4.79 Å². The molecule has 98 valence electrons. The van der Waals surface area contributed by atoms with Gasteiger partial charge >= 0.3 is 0 Å². The predicted molar refractivity (Wildman–Crippen MR) is 74.2 cm³/mol. The van der Waals surface area contributed by atoms with Crippen LogP contribution in [0.25, 0.3) is 0 Å². The van der Waals surface area contributed by atoms with Crippen molar-refractivity contribution in [1.82, 2.24) is 5.32 Å². The Morgan fingerprint density at radius 1 is 1.39 bits per heavy atom. The third-order valence-electron chi connectivity index (χ3n) is 4.01. The Labute approximate surface area is 110 Å². The quantitative estimate of drug-likeness (QED) is 0.869. The van der Waals surface area contributed by atoms with Crippen molar-refractivity contribution in [2.24, 2.45) is 11.3 Å². The number of nitrogens with one attached hydrogen (secondary N) is 1. The van der Waals surface area contributed by atoms with Crippen LogP contribution in [-0.2, 0) is 10.3 Å². The molecule has 1 atom stereocenters. The second-order valence-electron chi connectivity index (χ2n) is 6.73. The lowest BCUT2D eigenvalue weighted by Crippen LogP contribution is -2.42. The van der Waals surface area contributed by atoms with Crippen LogP contribution in [-0.4, -0.2) is 5.91 Å². The van der Waals surface area contributed by atoms with E-state index in [1.807, 2.05) is 6.07 Å². The molecular weight excluding hydrogens is 222 g/mol. The first-order valence-electron chi connectivity index (χ1n) is 6.61. The highest BCUT2D eigenvalue weighted by Gasteiger charge is 2.51. The molecule has 1 amide bonds. The van der Waals surface area contributed by atoms with E-state index in [2.05, 4.69) is 58.1 Å². The molecule has 1 N–H and O–H groups in total. The van der Waals surface area contributed by atoms with Crippen molar-refractivity contribution in [1.29, 1.82) is 0 Å². The van der Waals surface area contributed by atoms with Crippen LogP contribution in [0.15, 0.2) is 24.3 Å². The minimum atomic E-state index is -0.304. The summed E-state index contributed by atoms with van der Waals surface area (Å²) in [4.78, 5) is 12.2. The molecular formula is C16H23NO. The van der Waals surface area contributed by atoms with Gasteiger partial charge in [0.25, 0.3) is 0 Å². The van der Waals surface area contributed by atoms with Crippen LogP contribution in [0.5, 0.6) is 0 Å². The van der Waals surface area contributed by atoms with E-state index in [1.54, 1.807) is 0 Å². The fourth-order valence-electron chi connectivity index (χ4n) is 2.42. The molecule has 0 heterocycles. The predicted octanol–water partition coefficient (Wildman–Crippen LogP) is 3.39. The third-order valence-corrected chi connectivity index (χ3v) is 4.01. The van der Waals surface area contributed by atoms with E-state index in [1.165, 1.54) is 5.56 Å². The van der Waals surface area contributed by atoms with Gasteiger partial charge in [-0.15, -0.1) is 0 Å².